The lowest BCUT2D eigenvalue weighted by Crippen LogP contribution is -2.26. The van der Waals surface area contributed by atoms with Crippen molar-refractivity contribution in [2.45, 2.75) is 33.2 Å². The number of amides is 1. The minimum absolute atomic E-state index is 0.145. The summed E-state index contributed by atoms with van der Waals surface area (Å²) in [6, 6.07) is 12.7. The molecule has 0 aliphatic rings. The maximum Gasteiger partial charge on any atom is 0.230 e. The van der Waals surface area contributed by atoms with Crippen molar-refractivity contribution in [2.24, 2.45) is 0 Å². The highest BCUT2D eigenvalue weighted by Crippen LogP contribution is 2.27. The van der Waals surface area contributed by atoms with Gasteiger partial charge in [-0.3, -0.25) is 9.36 Å². The van der Waals surface area contributed by atoms with Crippen molar-refractivity contribution in [2.75, 3.05) is 7.11 Å². The van der Waals surface area contributed by atoms with Crippen LogP contribution in [0.1, 0.15) is 25.1 Å². The number of methoxy groups -OCH3 is 1. The van der Waals surface area contributed by atoms with Gasteiger partial charge in [0.1, 0.15) is 28.9 Å². The van der Waals surface area contributed by atoms with Gasteiger partial charge >= 0.3 is 0 Å². The molecule has 1 heterocycles. The minimum atomic E-state index is -0.923. The molecule has 190 valence electrons. The topological polar surface area (TPSA) is 68.4 Å². The summed E-state index contributed by atoms with van der Waals surface area (Å²) in [7, 11) is 1.57. The average molecular weight is 518 g/mol. The first-order chi connectivity index (χ1) is 17.2. The number of hydrogen-bond acceptors (Lipinski definition) is 4. The number of carbonyl (C=O) groups is 1. The van der Waals surface area contributed by atoms with Crippen LogP contribution in [0.25, 0.3) is 5.69 Å². The second-order valence-corrected chi connectivity index (χ2v) is 8.25. The van der Waals surface area contributed by atoms with Gasteiger partial charge in [-0.25, -0.2) is 13.2 Å². The molecular formula is C26H26F3N3O3S. The number of carbonyl (C=O) groups excluding carboxylic acids is 1. The van der Waals surface area contributed by atoms with Crippen molar-refractivity contribution < 1.29 is 27.8 Å². The lowest BCUT2D eigenvalue weighted by Gasteiger charge is -2.11. The van der Waals surface area contributed by atoms with Crippen molar-refractivity contribution in [3.8, 4) is 17.3 Å². The average Bonchev–Trinajstić information content (AvgIpc) is 3.09. The van der Waals surface area contributed by atoms with Crippen LogP contribution in [0.3, 0.4) is 0 Å². The first-order valence-corrected chi connectivity index (χ1v) is 11.5. The van der Waals surface area contributed by atoms with Gasteiger partial charge in [-0.05, 0) is 80.5 Å². The van der Waals surface area contributed by atoms with Gasteiger partial charge in [0.2, 0.25) is 11.8 Å². The minimum Gasteiger partial charge on any atom is -0.497 e. The molecule has 3 rings (SSSR count). The third-order valence-electron chi connectivity index (χ3n) is 5.52. The van der Waals surface area contributed by atoms with E-state index in [1.807, 2.05) is 24.3 Å². The van der Waals surface area contributed by atoms with E-state index in [2.05, 4.69) is 5.32 Å². The van der Waals surface area contributed by atoms with Crippen LogP contribution in [0, 0.1) is 10.6 Å². The van der Waals surface area contributed by atoms with Gasteiger partial charge in [-0.15, -0.1) is 0 Å². The first kappa shape index (κ1) is 26.8. The number of aromatic hydroxyl groups is 1. The van der Waals surface area contributed by atoms with Crippen molar-refractivity contribution in [3.05, 3.63) is 93.8 Å². The summed E-state index contributed by atoms with van der Waals surface area (Å²) in [5.41, 5.74) is 0.912. The molecule has 0 aliphatic carbocycles. The Kier molecular flexibility index (Phi) is 8.76. The Balaban J connectivity index is 1.99. The van der Waals surface area contributed by atoms with Gasteiger partial charge in [0, 0.05) is 6.54 Å². The summed E-state index contributed by atoms with van der Waals surface area (Å²) in [6.45, 7) is 2.69. The Labute approximate surface area is 212 Å². The number of benzene rings is 2. The summed E-state index contributed by atoms with van der Waals surface area (Å²) < 4.78 is 49.5. The van der Waals surface area contributed by atoms with Gasteiger partial charge in [0.25, 0.3) is 0 Å². The van der Waals surface area contributed by atoms with Crippen LogP contribution in [0.5, 0.6) is 11.6 Å². The number of rotatable bonds is 9. The number of imidazole rings is 1. The summed E-state index contributed by atoms with van der Waals surface area (Å²) in [5.74, 6) is -2.66. The smallest absolute Gasteiger partial charge is 0.230 e. The van der Waals surface area contributed by atoms with Crippen molar-refractivity contribution in [3.63, 3.8) is 0 Å². The molecule has 2 N–H and O–H groups in total. The predicted octanol–water partition coefficient (Wildman–Crippen LogP) is 5.84. The number of aryl methyl sites for hydroxylation is 1. The summed E-state index contributed by atoms with van der Waals surface area (Å²) >= 11 is 5.59. The van der Waals surface area contributed by atoms with Crippen molar-refractivity contribution in [1.82, 2.24) is 14.5 Å². The molecule has 0 spiro atoms. The van der Waals surface area contributed by atoms with Crippen LogP contribution in [-0.4, -0.2) is 27.3 Å². The monoisotopic (exact) mass is 517 g/mol. The van der Waals surface area contributed by atoms with Crippen LogP contribution >= 0.6 is 12.2 Å². The van der Waals surface area contributed by atoms with E-state index in [4.69, 9.17) is 17.0 Å². The summed E-state index contributed by atoms with van der Waals surface area (Å²) in [6.07, 6.45) is 1.11. The zero-order valence-corrected chi connectivity index (χ0v) is 20.8. The lowest BCUT2D eigenvalue weighted by molar-refractivity contribution is -0.119. The summed E-state index contributed by atoms with van der Waals surface area (Å²) in [5, 5.41) is 13.3. The Morgan fingerprint density at radius 3 is 2.33 bits per heavy atom. The maximum absolute atomic E-state index is 14.0. The zero-order chi connectivity index (χ0) is 26.4. The lowest BCUT2D eigenvalue weighted by atomic mass is 10.1. The molecule has 1 aromatic heterocycles. The molecule has 3 aromatic rings. The standard InChI is InChI=1S/C26H26F3N3O3S/c1-4-21(29)24(16(2)27)30-23(33)15-22-25(34)32(19-9-7-18(28)8-10-19)26(36)31(22)14-13-17-5-11-20(35-3)12-6-17/h4-12,34H,13-15H2,1-3H3,(H,30,33). The molecule has 0 saturated heterocycles. The summed E-state index contributed by atoms with van der Waals surface area (Å²) in [4.78, 5) is 12.8. The van der Waals surface area contributed by atoms with Crippen LogP contribution in [-0.2, 0) is 24.2 Å². The van der Waals surface area contributed by atoms with E-state index in [9.17, 15) is 23.1 Å². The Morgan fingerprint density at radius 1 is 1.14 bits per heavy atom. The quantitative estimate of drug-likeness (QED) is 0.277. The number of nitrogens with zero attached hydrogens (tertiary/aromatic N) is 2. The van der Waals surface area contributed by atoms with Gasteiger partial charge < -0.3 is 19.7 Å². The van der Waals surface area contributed by atoms with Gasteiger partial charge in [-0.1, -0.05) is 12.1 Å². The highest BCUT2D eigenvalue weighted by atomic mass is 32.1. The first-order valence-electron chi connectivity index (χ1n) is 11.1. The molecule has 1 amide bonds. The second kappa shape index (κ2) is 11.8. The Hall–Kier alpha value is -3.79. The fourth-order valence-corrected chi connectivity index (χ4v) is 4.02. The van der Waals surface area contributed by atoms with E-state index >= 15 is 0 Å². The molecule has 0 atom stereocenters. The van der Waals surface area contributed by atoms with Crippen molar-refractivity contribution >= 4 is 18.1 Å². The number of nitrogens with one attached hydrogen (secondary N) is 1. The van der Waals surface area contributed by atoms with Crippen LogP contribution in [0.15, 0.2) is 72.0 Å². The Morgan fingerprint density at radius 2 is 1.78 bits per heavy atom. The molecule has 0 unspecified atom stereocenters. The molecule has 0 radical (unpaired) electrons. The molecular weight excluding hydrogens is 491 g/mol. The molecule has 36 heavy (non-hydrogen) atoms. The normalized spacial score (nSPS) is 12.3. The highest BCUT2D eigenvalue weighted by molar-refractivity contribution is 7.71. The molecule has 0 bridgehead atoms. The van der Waals surface area contributed by atoms with Gasteiger partial charge in [0.15, 0.2) is 4.77 Å². The number of aromatic nitrogens is 2. The fraction of sp³-hybridized carbons (Fsp3) is 0.231. The molecule has 6 nitrogen and oxygen atoms in total. The van der Waals surface area contributed by atoms with Gasteiger partial charge in [-0.2, -0.15) is 0 Å². The molecule has 0 saturated carbocycles. The van der Waals surface area contributed by atoms with Crippen molar-refractivity contribution in [1.29, 1.82) is 0 Å². The fourth-order valence-electron chi connectivity index (χ4n) is 3.63. The van der Waals surface area contributed by atoms with Crippen LogP contribution in [0.4, 0.5) is 13.2 Å². The van der Waals surface area contributed by atoms with Crippen LogP contribution in [0.2, 0.25) is 0 Å². The second-order valence-electron chi connectivity index (χ2n) is 7.88. The number of ether oxygens (including phenoxy) is 1. The third kappa shape index (κ3) is 6.06. The van der Waals surface area contributed by atoms with E-state index in [1.54, 1.807) is 11.7 Å². The molecule has 0 fully saturated rings. The predicted molar refractivity (Wildman–Crippen MR) is 133 cm³/mol. The molecule has 2 aromatic carbocycles. The van der Waals surface area contributed by atoms with E-state index in [1.165, 1.54) is 35.8 Å². The van der Waals surface area contributed by atoms with Gasteiger partial charge in [0.05, 0.1) is 24.9 Å². The van der Waals surface area contributed by atoms with Crippen LogP contribution < -0.4 is 10.1 Å². The van der Waals surface area contributed by atoms with E-state index < -0.39 is 35.5 Å². The van der Waals surface area contributed by atoms with E-state index in [0.29, 0.717) is 24.4 Å². The molecule has 0 aliphatic heterocycles. The van der Waals surface area contributed by atoms with E-state index in [0.717, 1.165) is 18.6 Å². The SMILES string of the molecule is CC=C(F)C(NC(=O)Cc1c(O)n(-c2ccc(F)cc2)c(=S)n1CCc1ccc(OC)cc1)=C(C)F. The third-order valence-corrected chi connectivity index (χ3v) is 5.92. The highest BCUT2D eigenvalue weighted by Gasteiger charge is 2.22. The molecule has 10 heteroatoms. The zero-order valence-electron chi connectivity index (χ0n) is 20.0. The maximum atomic E-state index is 14.0. The number of halogens is 3. The number of allylic oxidation sites excluding steroid dienone is 3. The largest absolute Gasteiger partial charge is 0.497 e. The van der Waals surface area contributed by atoms with E-state index in [-0.39, 0.29) is 16.3 Å². The Bertz CT molecular complexity index is 1350. The number of hydrogen-bond donors (Lipinski definition) is 2.